The van der Waals surface area contributed by atoms with Gasteiger partial charge in [-0.2, -0.15) is 9.97 Å². The van der Waals surface area contributed by atoms with Crippen molar-refractivity contribution in [1.82, 2.24) is 25.0 Å². The van der Waals surface area contributed by atoms with Gasteiger partial charge in [-0.15, -0.1) is 0 Å². The standard InChI is InChI=1S/C23H29N7O7/c1-12(31)29-36-10-15-18(34)19(35)22(37-15)30-11-26-17-20(24)27-23(28-21(17)30)25-9-8-14-4-2-13(3-5-14)6-7-16(32)33/h2-5,11,15,18-19,22,34-35H,6-10H2,1H3,(H,29,31)(H,32,33)(H3,24,25,27,28)/t15-,18-,19-,22-/m1/s1. The van der Waals surface area contributed by atoms with E-state index in [1.165, 1.54) is 17.8 Å². The lowest BCUT2D eigenvalue weighted by atomic mass is 10.1. The van der Waals surface area contributed by atoms with Gasteiger partial charge in [-0.1, -0.05) is 24.3 Å². The van der Waals surface area contributed by atoms with Crippen molar-refractivity contribution < 1.29 is 34.5 Å². The highest BCUT2D eigenvalue weighted by Crippen LogP contribution is 2.32. The van der Waals surface area contributed by atoms with Crippen LogP contribution >= 0.6 is 0 Å². The van der Waals surface area contributed by atoms with Crippen molar-refractivity contribution in [2.45, 2.75) is 50.7 Å². The van der Waals surface area contributed by atoms with E-state index in [1.807, 2.05) is 24.3 Å². The fraction of sp³-hybridized carbons (Fsp3) is 0.435. The second kappa shape index (κ2) is 11.5. The number of hydroxylamine groups is 1. The van der Waals surface area contributed by atoms with E-state index < -0.39 is 36.4 Å². The Labute approximate surface area is 211 Å². The molecule has 2 aromatic heterocycles. The molecule has 1 aliphatic rings. The molecule has 0 saturated carbocycles. The second-order valence-electron chi connectivity index (χ2n) is 8.66. The molecule has 4 rings (SSSR count). The van der Waals surface area contributed by atoms with Gasteiger partial charge in [0.05, 0.1) is 6.33 Å². The smallest absolute Gasteiger partial charge is 0.303 e. The Kier molecular flexibility index (Phi) is 8.13. The Morgan fingerprint density at radius 1 is 1.14 bits per heavy atom. The first-order valence-corrected chi connectivity index (χ1v) is 11.7. The number of aliphatic hydroxyl groups is 2. The summed E-state index contributed by atoms with van der Waals surface area (Å²) in [5.41, 5.74) is 10.9. The van der Waals surface area contributed by atoms with E-state index in [2.05, 4.69) is 25.7 Å². The van der Waals surface area contributed by atoms with Gasteiger partial charge in [-0.25, -0.2) is 10.5 Å². The maximum Gasteiger partial charge on any atom is 0.303 e. The topological polar surface area (TPSA) is 207 Å². The van der Waals surface area contributed by atoms with Crippen LogP contribution in [0.1, 0.15) is 30.7 Å². The molecule has 0 bridgehead atoms. The lowest BCUT2D eigenvalue weighted by Crippen LogP contribution is -2.36. The van der Waals surface area contributed by atoms with Crippen molar-refractivity contribution in [2.24, 2.45) is 0 Å². The molecule has 3 aromatic rings. The minimum Gasteiger partial charge on any atom is -0.481 e. The number of ether oxygens (including phenoxy) is 1. The number of rotatable bonds is 11. The summed E-state index contributed by atoms with van der Waals surface area (Å²) in [5.74, 6) is -0.854. The van der Waals surface area contributed by atoms with Crippen LogP contribution in [0.15, 0.2) is 30.6 Å². The average Bonchev–Trinajstić information content (AvgIpc) is 3.40. The highest BCUT2D eigenvalue weighted by molar-refractivity contribution is 5.83. The number of aromatic nitrogens is 4. The quantitative estimate of drug-likeness (QED) is 0.183. The number of hydrogen-bond donors (Lipinski definition) is 6. The summed E-state index contributed by atoms with van der Waals surface area (Å²) in [4.78, 5) is 39.7. The van der Waals surface area contributed by atoms with E-state index in [0.29, 0.717) is 30.6 Å². The largest absolute Gasteiger partial charge is 0.481 e. The summed E-state index contributed by atoms with van der Waals surface area (Å²) in [7, 11) is 0. The number of nitrogens with one attached hydrogen (secondary N) is 2. The SMILES string of the molecule is CC(=O)NOC[C@H]1O[C@@H](n2cnc3c(N)nc(NCCc4ccc(CCC(=O)O)cc4)nc32)[C@H](O)[C@@H]1O. The first-order valence-electron chi connectivity index (χ1n) is 11.7. The minimum atomic E-state index is -1.31. The van der Waals surface area contributed by atoms with Gasteiger partial charge in [0.25, 0.3) is 0 Å². The van der Waals surface area contributed by atoms with Gasteiger partial charge < -0.3 is 31.1 Å². The van der Waals surface area contributed by atoms with Crippen molar-refractivity contribution in [1.29, 1.82) is 0 Å². The van der Waals surface area contributed by atoms with Crippen molar-refractivity contribution in [2.75, 3.05) is 24.2 Å². The second-order valence-corrected chi connectivity index (χ2v) is 8.66. The van der Waals surface area contributed by atoms with Crippen LogP contribution in [0.4, 0.5) is 11.8 Å². The number of aliphatic hydroxyl groups excluding tert-OH is 2. The van der Waals surface area contributed by atoms with Crippen LogP contribution in [0, 0.1) is 0 Å². The number of aliphatic carboxylic acids is 1. The number of imidazole rings is 1. The van der Waals surface area contributed by atoms with Gasteiger partial charge in [0, 0.05) is 19.9 Å². The Morgan fingerprint density at radius 3 is 2.51 bits per heavy atom. The lowest BCUT2D eigenvalue weighted by molar-refractivity contribution is -0.138. The van der Waals surface area contributed by atoms with Crippen molar-refractivity contribution >= 4 is 34.8 Å². The van der Waals surface area contributed by atoms with Crippen molar-refractivity contribution in [3.63, 3.8) is 0 Å². The first-order chi connectivity index (χ1) is 17.7. The molecule has 3 heterocycles. The number of carbonyl (C=O) groups excluding carboxylic acids is 1. The van der Waals surface area contributed by atoms with Gasteiger partial charge in [0.1, 0.15) is 30.4 Å². The van der Waals surface area contributed by atoms with Crippen LogP contribution in [0.2, 0.25) is 0 Å². The molecule has 14 nitrogen and oxygen atoms in total. The Bertz CT molecular complexity index is 1250. The molecular weight excluding hydrogens is 486 g/mol. The molecule has 0 radical (unpaired) electrons. The van der Waals surface area contributed by atoms with Crippen LogP contribution in [0.3, 0.4) is 0 Å². The van der Waals surface area contributed by atoms with Gasteiger partial charge in [-0.3, -0.25) is 19.0 Å². The van der Waals surface area contributed by atoms with E-state index in [0.717, 1.165) is 11.1 Å². The predicted molar refractivity (Wildman–Crippen MR) is 130 cm³/mol. The summed E-state index contributed by atoms with van der Waals surface area (Å²) in [6.45, 7) is 1.60. The highest BCUT2D eigenvalue weighted by atomic mass is 16.7. The lowest BCUT2D eigenvalue weighted by Gasteiger charge is -2.17. The zero-order chi connectivity index (χ0) is 26.5. The summed E-state index contributed by atoms with van der Waals surface area (Å²) in [5, 5.41) is 32.9. The Morgan fingerprint density at radius 2 is 1.84 bits per heavy atom. The number of carboxylic acid groups (broad SMARTS) is 1. The summed E-state index contributed by atoms with van der Waals surface area (Å²) in [6.07, 6.45) is -1.89. The number of nitrogens with zero attached hydrogens (tertiary/aromatic N) is 4. The Balaban J connectivity index is 1.41. The molecule has 0 spiro atoms. The van der Waals surface area contributed by atoms with E-state index >= 15 is 0 Å². The first kappa shape index (κ1) is 26.2. The normalized spacial score (nSPS) is 21.3. The molecule has 198 valence electrons. The van der Waals surface area contributed by atoms with E-state index in [4.69, 9.17) is 20.4 Å². The number of benzene rings is 1. The fourth-order valence-corrected chi connectivity index (χ4v) is 3.97. The zero-order valence-electron chi connectivity index (χ0n) is 20.1. The van der Waals surface area contributed by atoms with Gasteiger partial charge in [0.2, 0.25) is 11.9 Å². The maximum absolute atomic E-state index is 11.0. The van der Waals surface area contributed by atoms with Crippen LogP contribution in [0.5, 0.6) is 0 Å². The third-order valence-electron chi connectivity index (χ3n) is 5.87. The van der Waals surface area contributed by atoms with E-state index in [-0.39, 0.29) is 24.8 Å². The van der Waals surface area contributed by atoms with Crippen molar-refractivity contribution in [3.05, 3.63) is 41.7 Å². The number of carbonyl (C=O) groups is 2. The molecule has 37 heavy (non-hydrogen) atoms. The Hall–Kier alpha value is -3.85. The van der Waals surface area contributed by atoms with Gasteiger partial charge in [-0.05, 0) is 24.0 Å². The number of amides is 1. The monoisotopic (exact) mass is 515 g/mol. The number of aryl methyl sites for hydroxylation is 1. The van der Waals surface area contributed by atoms with Gasteiger partial charge in [0.15, 0.2) is 17.7 Å². The molecule has 1 aliphatic heterocycles. The molecule has 0 aliphatic carbocycles. The molecule has 1 fully saturated rings. The molecule has 1 amide bonds. The maximum atomic E-state index is 11.0. The van der Waals surface area contributed by atoms with E-state index in [1.54, 1.807) is 0 Å². The molecule has 4 atom stereocenters. The average molecular weight is 516 g/mol. The number of nitrogens with two attached hydrogens (primary N) is 1. The number of anilines is 2. The molecular formula is C23H29N7O7. The molecule has 1 aromatic carbocycles. The zero-order valence-corrected chi connectivity index (χ0v) is 20.1. The number of fused-ring (bicyclic) bond motifs is 1. The third kappa shape index (κ3) is 6.29. The minimum absolute atomic E-state index is 0.0894. The van der Waals surface area contributed by atoms with E-state index in [9.17, 15) is 19.8 Å². The molecule has 7 N–H and O–H groups in total. The van der Waals surface area contributed by atoms with Crippen LogP contribution in [-0.2, 0) is 32.0 Å². The van der Waals surface area contributed by atoms with Crippen molar-refractivity contribution in [3.8, 4) is 0 Å². The molecule has 0 unspecified atom stereocenters. The third-order valence-corrected chi connectivity index (χ3v) is 5.87. The summed E-state index contributed by atoms with van der Waals surface area (Å²) in [6, 6.07) is 7.71. The number of hydrogen-bond acceptors (Lipinski definition) is 11. The predicted octanol–water partition coefficient (Wildman–Crippen LogP) is -0.233. The van der Waals surface area contributed by atoms with Crippen LogP contribution < -0.4 is 16.5 Å². The van der Waals surface area contributed by atoms with Crippen LogP contribution in [-0.4, -0.2) is 78.2 Å². The molecule has 1 saturated heterocycles. The summed E-state index contributed by atoms with van der Waals surface area (Å²) >= 11 is 0. The highest BCUT2D eigenvalue weighted by Gasteiger charge is 2.44. The number of nitrogen functional groups attached to an aromatic ring is 1. The fourth-order valence-electron chi connectivity index (χ4n) is 3.97. The summed E-state index contributed by atoms with van der Waals surface area (Å²) < 4.78 is 7.23. The number of carboxylic acids is 1. The van der Waals surface area contributed by atoms with Gasteiger partial charge >= 0.3 is 5.97 Å². The molecule has 14 heteroatoms. The van der Waals surface area contributed by atoms with Crippen LogP contribution in [0.25, 0.3) is 11.2 Å².